The van der Waals surface area contributed by atoms with Gasteiger partial charge in [0, 0.05) is 5.56 Å². The molecule has 0 aliphatic heterocycles. The maximum absolute atomic E-state index is 5.67. The third-order valence-corrected chi connectivity index (χ3v) is 3.93. The van der Waals surface area contributed by atoms with E-state index in [2.05, 4.69) is 5.43 Å². The van der Waals surface area contributed by atoms with Gasteiger partial charge in [-0.25, -0.2) is 5.84 Å². The zero-order valence-corrected chi connectivity index (χ0v) is 12.9. The summed E-state index contributed by atoms with van der Waals surface area (Å²) in [5.41, 5.74) is 3.64. The summed E-state index contributed by atoms with van der Waals surface area (Å²) in [5, 5.41) is 0. The van der Waals surface area contributed by atoms with Crippen molar-refractivity contribution in [1.29, 1.82) is 0 Å². The Labute approximate surface area is 126 Å². The van der Waals surface area contributed by atoms with Gasteiger partial charge < -0.3 is 14.9 Å². The van der Waals surface area contributed by atoms with Gasteiger partial charge in [0.25, 0.3) is 0 Å². The Morgan fingerprint density at radius 2 is 1.76 bits per heavy atom. The maximum atomic E-state index is 5.67. The van der Waals surface area contributed by atoms with Gasteiger partial charge in [0.15, 0.2) is 11.5 Å². The molecular formula is C16H25N3O2. The van der Waals surface area contributed by atoms with E-state index in [1.807, 2.05) is 18.2 Å². The highest BCUT2D eigenvalue weighted by atomic mass is 16.5. The van der Waals surface area contributed by atoms with E-state index in [1.54, 1.807) is 14.2 Å². The molecule has 5 nitrogen and oxygen atoms in total. The number of ether oxygens (including phenoxy) is 2. The Balaban J connectivity index is 2.23. The first-order chi connectivity index (χ1) is 10.3. The summed E-state index contributed by atoms with van der Waals surface area (Å²) in [6.45, 7) is 0. The number of nitrogens with one attached hydrogen (secondary N) is 1. The molecule has 0 spiro atoms. The summed E-state index contributed by atoms with van der Waals surface area (Å²) in [6.07, 6.45) is 7.40. The van der Waals surface area contributed by atoms with E-state index in [-0.39, 0.29) is 0 Å². The largest absolute Gasteiger partial charge is 0.493 e. The number of methoxy groups -OCH3 is 2. The Morgan fingerprint density at radius 1 is 1.10 bits per heavy atom. The molecule has 1 aromatic carbocycles. The molecule has 3 N–H and O–H groups in total. The smallest absolute Gasteiger partial charge is 0.161 e. The van der Waals surface area contributed by atoms with Crippen LogP contribution in [0.3, 0.4) is 0 Å². The average Bonchev–Trinajstić information content (AvgIpc) is 2.80. The summed E-state index contributed by atoms with van der Waals surface area (Å²) in [4.78, 5) is 4.80. The molecule has 5 heteroatoms. The molecule has 2 rings (SSSR count). The van der Waals surface area contributed by atoms with E-state index in [0.29, 0.717) is 23.4 Å². The molecule has 0 saturated heterocycles. The second-order valence-corrected chi connectivity index (χ2v) is 5.34. The average molecular weight is 291 g/mol. The van der Waals surface area contributed by atoms with Crippen LogP contribution in [0.1, 0.15) is 44.1 Å². The molecule has 116 valence electrons. The van der Waals surface area contributed by atoms with Gasteiger partial charge in [0.2, 0.25) is 0 Å². The number of hydrogen-bond donors (Lipinski definition) is 2. The number of amidine groups is 1. The molecule has 0 amide bonds. The summed E-state index contributed by atoms with van der Waals surface area (Å²) in [6, 6.07) is 6.06. The van der Waals surface area contributed by atoms with Crippen LogP contribution in [-0.2, 0) is 0 Å². The van der Waals surface area contributed by atoms with Gasteiger partial charge in [-0.2, -0.15) is 0 Å². The monoisotopic (exact) mass is 291 g/mol. The minimum atomic E-state index is 0.353. The van der Waals surface area contributed by atoms with E-state index in [1.165, 1.54) is 25.7 Å². The van der Waals surface area contributed by atoms with E-state index in [0.717, 1.165) is 18.4 Å². The summed E-state index contributed by atoms with van der Waals surface area (Å²) in [5.74, 6) is 7.76. The van der Waals surface area contributed by atoms with E-state index < -0.39 is 0 Å². The summed E-state index contributed by atoms with van der Waals surface area (Å²) < 4.78 is 10.6. The predicted octanol–water partition coefficient (Wildman–Crippen LogP) is 2.64. The van der Waals surface area contributed by atoms with Crippen LogP contribution in [0.25, 0.3) is 0 Å². The van der Waals surface area contributed by atoms with Crippen LogP contribution >= 0.6 is 0 Å². The second kappa shape index (κ2) is 7.88. The van der Waals surface area contributed by atoms with Crippen LogP contribution in [0.15, 0.2) is 23.2 Å². The highest BCUT2D eigenvalue weighted by Crippen LogP contribution is 2.28. The van der Waals surface area contributed by atoms with Crippen molar-refractivity contribution in [2.45, 2.75) is 44.6 Å². The SMILES string of the molecule is COc1ccc(C(=NC2CCCCCC2)NN)cc1OC. The maximum Gasteiger partial charge on any atom is 0.161 e. The molecule has 1 aromatic rings. The number of hydrazine groups is 1. The normalized spacial score (nSPS) is 17.2. The lowest BCUT2D eigenvalue weighted by Gasteiger charge is -2.14. The number of aliphatic imine (C=N–C) groups is 1. The highest BCUT2D eigenvalue weighted by Gasteiger charge is 2.14. The Morgan fingerprint density at radius 3 is 2.33 bits per heavy atom. The predicted molar refractivity (Wildman–Crippen MR) is 84.9 cm³/mol. The van der Waals surface area contributed by atoms with Crippen LogP contribution < -0.4 is 20.7 Å². The van der Waals surface area contributed by atoms with Crippen molar-refractivity contribution < 1.29 is 9.47 Å². The third kappa shape index (κ3) is 4.11. The number of nitrogens with two attached hydrogens (primary N) is 1. The Hall–Kier alpha value is -1.75. The molecule has 0 bridgehead atoms. The molecule has 1 fully saturated rings. The third-order valence-electron chi connectivity index (χ3n) is 3.93. The molecule has 1 saturated carbocycles. The molecular weight excluding hydrogens is 266 g/mol. The first-order valence-corrected chi connectivity index (χ1v) is 7.55. The minimum Gasteiger partial charge on any atom is -0.493 e. The van der Waals surface area contributed by atoms with Gasteiger partial charge >= 0.3 is 0 Å². The second-order valence-electron chi connectivity index (χ2n) is 5.34. The lowest BCUT2D eigenvalue weighted by atomic mass is 10.1. The van der Waals surface area contributed by atoms with Crippen LogP contribution in [0.2, 0.25) is 0 Å². The lowest BCUT2D eigenvalue weighted by Crippen LogP contribution is -2.32. The first-order valence-electron chi connectivity index (χ1n) is 7.55. The molecule has 0 unspecified atom stereocenters. The standard InChI is InChI=1S/C16H25N3O2/c1-20-14-10-9-12(11-15(14)21-2)16(19-17)18-13-7-5-3-4-6-8-13/h9-11,13H,3-8,17H2,1-2H3,(H,18,19). The van der Waals surface area contributed by atoms with Crippen molar-refractivity contribution in [3.8, 4) is 11.5 Å². The van der Waals surface area contributed by atoms with E-state index >= 15 is 0 Å². The Kier molecular flexibility index (Phi) is 5.87. The van der Waals surface area contributed by atoms with Crippen LogP contribution in [0.4, 0.5) is 0 Å². The first kappa shape index (κ1) is 15.6. The molecule has 0 aromatic heterocycles. The van der Waals surface area contributed by atoms with Crippen molar-refractivity contribution in [2.24, 2.45) is 10.8 Å². The fourth-order valence-corrected chi connectivity index (χ4v) is 2.75. The number of benzene rings is 1. The van der Waals surface area contributed by atoms with Crippen molar-refractivity contribution in [2.75, 3.05) is 14.2 Å². The number of hydrogen-bond acceptors (Lipinski definition) is 4. The summed E-state index contributed by atoms with van der Waals surface area (Å²) in [7, 11) is 3.25. The molecule has 1 aliphatic rings. The summed E-state index contributed by atoms with van der Waals surface area (Å²) >= 11 is 0. The number of nitrogens with zero attached hydrogens (tertiary/aromatic N) is 1. The fraction of sp³-hybridized carbons (Fsp3) is 0.562. The van der Waals surface area contributed by atoms with Crippen molar-refractivity contribution >= 4 is 5.84 Å². The Bertz CT molecular complexity index is 480. The number of rotatable bonds is 4. The lowest BCUT2D eigenvalue weighted by molar-refractivity contribution is 0.355. The van der Waals surface area contributed by atoms with Gasteiger partial charge in [-0.1, -0.05) is 25.7 Å². The molecule has 0 radical (unpaired) electrons. The fourth-order valence-electron chi connectivity index (χ4n) is 2.75. The zero-order valence-electron chi connectivity index (χ0n) is 12.9. The molecule has 0 heterocycles. The molecule has 0 atom stereocenters. The van der Waals surface area contributed by atoms with Crippen LogP contribution in [0, 0.1) is 0 Å². The quantitative estimate of drug-likeness (QED) is 0.294. The van der Waals surface area contributed by atoms with Crippen LogP contribution in [0.5, 0.6) is 11.5 Å². The van der Waals surface area contributed by atoms with Gasteiger partial charge in [-0.3, -0.25) is 4.99 Å². The van der Waals surface area contributed by atoms with Gasteiger partial charge in [-0.15, -0.1) is 0 Å². The van der Waals surface area contributed by atoms with Gasteiger partial charge in [-0.05, 0) is 31.0 Å². The zero-order chi connectivity index (χ0) is 15.1. The van der Waals surface area contributed by atoms with E-state index in [9.17, 15) is 0 Å². The van der Waals surface area contributed by atoms with Crippen molar-refractivity contribution in [3.63, 3.8) is 0 Å². The van der Waals surface area contributed by atoms with E-state index in [4.69, 9.17) is 20.3 Å². The van der Waals surface area contributed by atoms with Gasteiger partial charge in [0.1, 0.15) is 5.84 Å². The van der Waals surface area contributed by atoms with Gasteiger partial charge in [0.05, 0.1) is 20.3 Å². The molecule has 21 heavy (non-hydrogen) atoms. The van der Waals surface area contributed by atoms with Crippen molar-refractivity contribution in [3.05, 3.63) is 23.8 Å². The molecule has 1 aliphatic carbocycles. The minimum absolute atomic E-state index is 0.353. The highest BCUT2D eigenvalue weighted by molar-refractivity contribution is 5.99. The van der Waals surface area contributed by atoms with Crippen molar-refractivity contribution in [1.82, 2.24) is 5.43 Å². The van der Waals surface area contributed by atoms with Crippen LogP contribution in [-0.4, -0.2) is 26.1 Å². The topological polar surface area (TPSA) is 68.9 Å².